The van der Waals surface area contributed by atoms with Gasteiger partial charge in [0.15, 0.2) is 0 Å². The number of hydrogen-bond donors (Lipinski definition) is 1. The van der Waals surface area contributed by atoms with E-state index in [2.05, 4.69) is 27.4 Å². The molecule has 2 aliphatic carbocycles. The molecule has 1 amide bonds. The van der Waals surface area contributed by atoms with Crippen molar-refractivity contribution in [2.24, 2.45) is 5.92 Å². The van der Waals surface area contributed by atoms with Gasteiger partial charge in [-0.25, -0.2) is 0 Å². The van der Waals surface area contributed by atoms with Crippen LogP contribution in [-0.4, -0.2) is 26.9 Å². The van der Waals surface area contributed by atoms with Crippen LogP contribution >= 0.6 is 0 Å². The standard InChI is InChI=1S/C29H40N4O2/c1-21-24-14-9-5-6-10-15-25(24)29(33-32-21)26-19-18-23(20-30-26)31-28(35)17-11-16-27(34)22-12-7-3-2-4-8-13-22/h18-20,22H,2-17H2,1H3,(H,31,35). The molecular formula is C29H40N4O2. The smallest absolute Gasteiger partial charge is 0.224 e. The highest BCUT2D eigenvalue weighted by Crippen LogP contribution is 2.29. The summed E-state index contributed by atoms with van der Waals surface area (Å²) in [5.74, 6) is 0.490. The van der Waals surface area contributed by atoms with Gasteiger partial charge in [0, 0.05) is 18.8 Å². The molecule has 188 valence electrons. The second-order valence-electron chi connectivity index (χ2n) is 10.3. The third-order valence-electron chi connectivity index (χ3n) is 7.67. The van der Waals surface area contributed by atoms with Gasteiger partial charge < -0.3 is 5.32 Å². The highest BCUT2D eigenvalue weighted by molar-refractivity contribution is 5.91. The van der Waals surface area contributed by atoms with Crippen LogP contribution < -0.4 is 5.32 Å². The molecule has 0 aromatic carbocycles. The summed E-state index contributed by atoms with van der Waals surface area (Å²) in [7, 11) is 0. The van der Waals surface area contributed by atoms with Crippen molar-refractivity contribution in [2.45, 2.75) is 110 Å². The van der Waals surface area contributed by atoms with Crippen molar-refractivity contribution >= 4 is 17.4 Å². The molecular weight excluding hydrogens is 436 g/mol. The predicted molar refractivity (Wildman–Crippen MR) is 139 cm³/mol. The van der Waals surface area contributed by atoms with Crippen LogP contribution in [0.1, 0.15) is 107 Å². The maximum absolute atomic E-state index is 12.6. The number of hydrogen-bond acceptors (Lipinski definition) is 5. The average Bonchev–Trinajstić information content (AvgIpc) is 2.80. The summed E-state index contributed by atoms with van der Waals surface area (Å²) in [6.45, 7) is 2.05. The molecule has 1 N–H and O–H groups in total. The quantitative estimate of drug-likeness (QED) is 0.490. The summed E-state index contributed by atoms with van der Waals surface area (Å²) >= 11 is 0. The van der Waals surface area contributed by atoms with Crippen molar-refractivity contribution in [1.82, 2.24) is 15.2 Å². The van der Waals surface area contributed by atoms with Gasteiger partial charge in [-0.3, -0.25) is 14.6 Å². The van der Waals surface area contributed by atoms with E-state index >= 15 is 0 Å². The zero-order valence-electron chi connectivity index (χ0n) is 21.3. The molecule has 1 fully saturated rings. The van der Waals surface area contributed by atoms with Gasteiger partial charge in [-0.1, -0.05) is 44.9 Å². The summed E-state index contributed by atoms with van der Waals surface area (Å²) in [6.07, 6.45) is 18.3. The fraction of sp³-hybridized carbons (Fsp3) is 0.621. The molecule has 1 saturated carbocycles. The molecule has 2 aromatic rings. The van der Waals surface area contributed by atoms with Crippen molar-refractivity contribution in [1.29, 1.82) is 0 Å². The second-order valence-corrected chi connectivity index (χ2v) is 10.3. The lowest BCUT2D eigenvalue weighted by atomic mass is 9.86. The van der Waals surface area contributed by atoms with Gasteiger partial charge in [0.1, 0.15) is 11.5 Å². The first kappa shape index (κ1) is 25.5. The third-order valence-corrected chi connectivity index (χ3v) is 7.67. The Morgan fingerprint density at radius 1 is 0.857 bits per heavy atom. The highest BCUT2D eigenvalue weighted by Gasteiger charge is 2.20. The monoisotopic (exact) mass is 476 g/mol. The molecule has 0 radical (unpaired) electrons. The third kappa shape index (κ3) is 7.18. The molecule has 6 heteroatoms. The Kier molecular flexibility index (Phi) is 9.38. The van der Waals surface area contributed by atoms with Crippen molar-refractivity contribution in [3.8, 4) is 11.4 Å². The van der Waals surface area contributed by atoms with E-state index in [-0.39, 0.29) is 11.8 Å². The second kappa shape index (κ2) is 12.9. The Morgan fingerprint density at radius 2 is 1.54 bits per heavy atom. The van der Waals surface area contributed by atoms with Gasteiger partial charge >= 0.3 is 0 Å². The number of nitrogens with zero attached hydrogens (tertiary/aromatic N) is 3. The molecule has 35 heavy (non-hydrogen) atoms. The minimum atomic E-state index is -0.0646. The number of nitrogens with one attached hydrogen (secondary N) is 1. The summed E-state index contributed by atoms with van der Waals surface area (Å²) in [5.41, 5.74) is 6.00. The molecule has 0 aliphatic heterocycles. The largest absolute Gasteiger partial charge is 0.325 e. The van der Waals surface area contributed by atoms with Gasteiger partial charge in [0.2, 0.25) is 5.91 Å². The van der Waals surface area contributed by atoms with E-state index < -0.39 is 0 Å². The van der Waals surface area contributed by atoms with Crippen LogP contribution in [0.5, 0.6) is 0 Å². The van der Waals surface area contributed by atoms with Crippen LogP contribution in [0.25, 0.3) is 11.4 Å². The minimum absolute atomic E-state index is 0.0646. The number of pyridine rings is 1. The first-order valence-corrected chi connectivity index (χ1v) is 13.8. The van der Waals surface area contributed by atoms with Gasteiger partial charge in [-0.2, -0.15) is 5.10 Å². The van der Waals surface area contributed by atoms with Crippen LogP contribution in [0.15, 0.2) is 18.3 Å². The van der Waals surface area contributed by atoms with Gasteiger partial charge in [-0.05, 0) is 75.1 Å². The van der Waals surface area contributed by atoms with E-state index in [0.717, 1.165) is 55.6 Å². The molecule has 0 unspecified atom stereocenters. The molecule has 2 aromatic heterocycles. The number of ketones is 1. The first-order valence-electron chi connectivity index (χ1n) is 13.8. The summed E-state index contributed by atoms with van der Waals surface area (Å²) in [5, 5.41) is 11.8. The Balaban J connectivity index is 1.30. The van der Waals surface area contributed by atoms with E-state index in [1.807, 2.05) is 12.1 Å². The summed E-state index contributed by atoms with van der Waals surface area (Å²) in [4.78, 5) is 29.6. The summed E-state index contributed by atoms with van der Waals surface area (Å²) < 4.78 is 0. The van der Waals surface area contributed by atoms with Crippen LogP contribution in [0.3, 0.4) is 0 Å². The summed E-state index contributed by atoms with van der Waals surface area (Å²) in [6, 6.07) is 3.81. The Bertz CT molecular complexity index is 994. The minimum Gasteiger partial charge on any atom is -0.325 e. The maximum Gasteiger partial charge on any atom is 0.224 e. The molecule has 2 aliphatic rings. The zero-order chi connectivity index (χ0) is 24.5. The van der Waals surface area contributed by atoms with Crippen LogP contribution in [-0.2, 0) is 22.4 Å². The fourth-order valence-electron chi connectivity index (χ4n) is 5.61. The number of aromatic nitrogens is 3. The van der Waals surface area contributed by atoms with Crippen molar-refractivity contribution < 1.29 is 9.59 Å². The number of rotatable bonds is 7. The Hall–Kier alpha value is -2.63. The van der Waals surface area contributed by atoms with E-state index in [4.69, 9.17) is 0 Å². The Morgan fingerprint density at radius 3 is 2.26 bits per heavy atom. The van der Waals surface area contributed by atoms with Gasteiger partial charge in [0.05, 0.1) is 23.3 Å². The molecule has 0 spiro atoms. The maximum atomic E-state index is 12.6. The molecule has 6 nitrogen and oxygen atoms in total. The number of aryl methyl sites for hydroxylation is 1. The van der Waals surface area contributed by atoms with E-state index in [9.17, 15) is 9.59 Å². The van der Waals surface area contributed by atoms with E-state index in [1.165, 1.54) is 56.1 Å². The normalized spacial score (nSPS) is 17.4. The molecule has 0 saturated heterocycles. The predicted octanol–water partition coefficient (Wildman–Crippen LogP) is 6.54. The van der Waals surface area contributed by atoms with Crippen molar-refractivity contribution in [3.05, 3.63) is 35.2 Å². The van der Waals surface area contributed by atoms with Crippen LogP contribution in [0.4, 0.5) is 5.69 Å². The SMILES string of the molecule is Cc1nnc(-c2ccc(NC(=O)CCCC(=O)C3CCCCCCC3)cn2)c2c1CCCCCC2. The molecule has 0 atom stereocenters. The van der Waals surface area contributed by atoms with Crippen molar-refractivity contribution in [2.75, 3.05) is 5.32 Å². The topological polar surface area (TPSA) is 84.8 Å². The fourth-order valence-corrected chi connectivity index (χ4v) is 5.61. The number of fused-ring (bicyclic) bond motifs is 1. The van der Waals surface area contributed by atoms with Crippen LogP contribution in [0.2, 0.25) is 0 Å². The number of anilines is 1. The molecule has 4 rings (SSSR count). The lowest BCUT2D eigenvalue weighted by Crippen LogP contribution is -2.17. The van der Waals surface area contributed by atoms with Gasteiger partial charge in [0.25, 0.3) is 0 Å². The number of carbonyl (C=O) groups excluding carboxylic acids is 2. The lowest BCUT2D eigenvalue weighted by molar-refractivity contribution is -0.123. The molecule has 0 bridgehead atoms. The number of Topliss-reactive ketones (excluding diaryl/α,β-unsaturated/α-hetero) is 1. The van der Waals surface area contributed by atoms with Crippen molar-refractivity contribution in [3.63, 3.8) is 0 Å². The average molecular weight is 477 g/mol. The zero-order valence-corrected chi connectivity index (χ0v) is 21.3. The highest BCUT2D eigenvalue weighted by atomic mass is 16.1. The number of carbonyl (C=O) groups is 2. The van der Waals surface area contributed by atoms with Crippen LogP contribution in [0, 0.1) is 12.8 Å². The molecule has 2 heterocycles. The Labute approximate surface area is 209 Å². The van der Waals surface area contributed by atoms with Gasteiger partial charge in [-0.15, -0.1) is 5.10 Å². The first-order chi connectivity index (χ1) is 17.1. The lowest BCUT2D eigenvalue weighted by Gasteiger charge is -2.18. The number of amides is 1. The van der Waals surface area contributed by atoms with E-state index in [1.54, 1.807) is 6.20 Å². The van der Waals surface area contributed by atoms with E-state index in [0.29, 0.717) is 30.7 Å².